The Balaban J connectivity index is 0.000000472. The fourth-order valence-corrected chi connectivity index (χ4v) is 2.30. The molecule has 0 aromatic carbocycles. The summed E-state index contributed by atoms with van der Waals surface area (Å²) in [6.45, 7) is 7.31. The maximum Gasteiger partial charge on any atom is 0.336 e. The van der Waals surface area contributed by atoms with Crippen LogP contribution < -0.4 is 10.6 Å². The summed E-state index contributed by atoms with van der Waals surface area (Å²) in [7, 11) is 1.31. The van der Waals surface area contributed by atoms with Gasteiger partial charge in [0, 0.05) is 6.54 Å². The molecule has 0 aliphatic carbocycles. The van der Waals surface area contributed by atoms with E-state index in [1.807, 2.05) is 6.92 Å². The molecule has 6 nitrogen and oxygen atoms in total. The Morgan fingerprint density at radius 2 is 2.14 bits per heavy atom. The quantitative estimate of drug-likeness (QED) is 0.220. The van der Waals surface area contributed by atoms with Crippen molar-refractivity contribution in [1.82, 2.24) is 10.6 Å². The molecular formula is C16H30N2O4. The van der Waals surface area contributed by atoms with E-state index in [-0.39, 0.29) is 11.3 Å². The first kappa shape index (κ1) is 20.4. The number of carbonyl (C=O) groups is 2. The third-order valence-corrected chi connectivity index (χ3v) is 3.75. The van der Waals surface area contributed by atoms with Gasteiger partial charge in [0.2, 0.25) is 6.41 Å². The summed E-state index contributed by atoms with van der Waals surface area (Å²) >= 11 is 0. The van der Waals surface area contributed by atoms with Crippen LogP contribution >= 0.6 is 0 Å². The predicted molar refractivity (Wildman–Crippen MR) is 86.6 cm³/mol. The van der Waals surface area contributed by atoms with Gasteiger partial charge in [-0.05, 0) is 39.7 Å². The van der Waals surface area contributed by atoms with Gasteiger partial charge in [0.25, 0.3) is 0 Å². The zero-order valence-electron chi connectivity index (χ0n) is 14.2. The zero-order chi connectivity index (χ0) is 17.0. The van der Waals surface area contributed by atoms with Crippen LogP contribution in [0.25, 0.3) is 0 Å². The lowest BCUT2D eigenvalue weighted by Gasteiger charge is -2.24. The molecule has 0 saturated carbocycles. The Labute approximate surface area is 133 Å². The second-order valence-corrected chi connectivity index (χ2v) is 5.61. The highest BCUT2D eigenvalue weighted by atomic mass is 16.5. The van der Waals surface area contributed by atoms with Crippen molar-refractivity contribution in [2.45, 2.75) is 58.4 Å². The molecule has 1 atom stereocenters. The van der Waals surface area contributed by atoms with E-state index in [4.69, 9.17) is 0 Å². The number of hydrogen-bond donors (Lipinski definition) is 3. The molecule has 1 rings (SSSR count). The molecule has 0 aromatic rings. The van der Waals surface area contributed by atoms with Crippen molar-refractivity contribution in [2.24, 2.45) is 0 Å². The van der Waals surface area contributed by atoms with Crippen LogP contribution in [-0.4, -0.2) is 43.2 Å². The van der Waals surface area contributed by atoms with E-state index >= 15 is 0 Å². The van der Waals surface area contributed by atoms with Crippen LogP contribution in [0.15, 0.2) is 11.3 Å². The molecule has 1 amide bonds. The van der Waals surface area contributed by atoms with E-state index < -0.39 is 11.5 Å². The molecule has 3 N–H and O–H groups in total. The van der Waals surface area contributed by atoms with Gasteiger partial charge >= 0.3 is 5.97 Å². The summed E-state index contributed by atoms with van der Waals surface area (Å²) in [5.74, 6) is -0.376. The normalized spacial score (nSPS) is 21.3. The number of aliphatic hydroxyl groups is 1. The van der Waals surface area contributed by atoms with Crippen molar-refractivity contribution in [2.75, 3.05) is 20.2 Å². The van der Waals surface area contributed by atoms with Crippen molar-refractivity contribution in [1.29, 1.82) is 0 Å². The predicted octanol–water partition coefficient (Wildman–Crippen LogP) is 2.06. The number of hydrogen-bond acceptors (Lipinski definition) is 5. The molecule has 0 unspecified atom stereocenters. The number of ether oxygens (including phenoxy) is 1. The van der Waals surface area contributed by atoms with E-state index in [0.717, 1.165) is 38.8 Å². The SMILES string of the molecule is CCCCCNC=O.COC(=O)/C(C)=C(\O)[C@@]1(C)CCCN1. The average Bonchev–Trinajstić information content (AvgIpc) is 2.98. The summed E-state index contributed by atoms with van der Waals surface area (Å²) < 4.78 is 4.55. The first-order chi connectivity index (χ1) is 10.4. The number of nitrogens with one attached hydrogen (secondary N) is 2. The van der Waals surface area contributed by atoms with Gasteiger partial charge in [0.05, 0.1) is 18.2 Å². The summed E-state index contributed by atoms with van der Waals surface area (Å²) in [4.78, 5) is 20.8. The smallest absolute Gasteiger partial charge is 0.336 e. The highest BCUT2D eigenvalue weighted by molar-refractivity contribution is 5.88. The average molecular weight is 314 g/mol. The first-order valence-electron chi connectivity index (χ1n) is 7.83. The van der Waals surface area contributed by atoms with Crippen molar-refractivity contribution < 1.29 is 19.4 Å². The van der Waals surface area contributed by atoms with Crippen LogP contribution in [-0.2, 0) is 14.3 Å². The van der Waals surface area contributed by atoms with E-state index in [1.54, 1.807) is 6.92 Å². The number of carbonyl (C=O) groups excluding carboxylic acids is 2. The van der Waals surface area contributed by atoms with E-state index in [0.29, 0.717) is 0 Å². The molecular weight excluding hydrogens is 284 g/mol. The molecule has 0 bridgehead atoms. The molecule has 22 heavy (non-hydrogen) atoms. The lowest BCUT2D eigenvalue weighted by Crippen LogP contribution is -2.39. The second-order valence-electron chi connectivity index (χ2n) is 5.61. The number of unbranched alkanes of at least 4 members (excludes halogenated alkanes) is 2. The van der Waals surface area contributed by atoms with E-state index in [1.165, 1.54) is 20.0 Å². The summed E-state index contributed by atoms with van der Waals surface area (Å²) in [6.07, 6.45) is 6.12. The highest BCUT2D eigenvalue weighted by Gasteiger charge is 2.34. The van der Waals surface area contributed by atoms with Crippen molar-refractivity contribution in [3.8, 4) is 0 Å². The molecule has 0 spiro atoms. The maximum atomic E-state index is 11.2. The number of esters is 1. The highest BCUT2D eigenvalue weighted by Crippen LogP contribution is 2.27. The first-order valence-corrected chi connectivity index (χ1v) is 7.83. The molecule has 1 aliphatic heterocycles. The second kappa shape index (κ2) is 11.1. The molecule has 128 valence electrons. The Bertz CT molecular complexity index is 374. The lowest BCUT2D eigenvalue weighted by atomic mass is 9.94. The lowest BCUT2D eigenvalue weighted by molar-refractivity contribution is -0.136. The number of amides is 1. The molecule has 1 fully saturated rings. The van der Waals surface area contributed by atoms with Crippen LogP contribution in [0.4, 0.5) is 0 Å². The number of methoxy groups -OCH3 is 1. The van der Waals surface area contributed by atoms with Crippen LogP contribution in [0.5, 0.6) is 0 Å². The van der Waals surface area contributed by atoms with Gasteiger partial charge in [-0.15, -0.1) is 0 Å². The topological polar surface area (TPSA) is 87.7 Å². The molecule has 1 saturated heterocycles. The van der Waals surface area contributed by atoms with E-state index in [2.05, 4.69) is 22.3 Å². The molecule has 6 heteroatoms. The summed E-state index contributed by atoms with van der Waals surface area (Å²) in [6, 6.07) is 0. The minimum Gasteiger partial charge on any atom is -0.510 e. The van der Waals surface area contributed by atoms with Crippen LogP contribution in [0.2, 0.25) is 0 Å². The Morgan fingerprint density at radius 1 is 1.45 bits per heavy atom. The van der Waals surface area contributed by atoms with Gasteiger partial charge < -0.3 is 20.5 Å². The van der Waals surface area contributed by atoms with Crippen LogP contribution in [0.3, 0.4) is 0 Å². The van der Waals surface area contributed by atoms with Gasteiger partial charge in [-0.2, -0.15) is 0 Å². The minimum absolute atomic E-state index is 0.0989. The number of rotatable bonds is 7. The Hall–Kier alpha value is -1.56. The van der Waals surface area contributed by atoms with Gasteiger partial charge in [0.1, 0.15) is 5.76 Å². The monoisotopic (exact) mass is 314 g/mol. The van der Waals surface area contributed by atoms with Crippen molar-refractivity contribution >= 4 is 12.4 Å². The van der Waals surface area contributed by atoms with Gasteiger partial charge in [0.15, 0.2) is 0 Å². The Kier molecular flexibility index (Phi) is 10.3. The van der Waals surface area contributed by atoms with Crippen LogP contribution in [0, 0.1) is 0 Å². The van der Waals surface area contributed by atoms with Crippen molar-refractivity contribution in [3.63, 3.8) is 0 Å². The summed E-state index contributed by atoms with van der Waals surface area (Å²) in [5, 5.41) is 15.7. The molecule has 1 heterocycles. The zero-order valence-corrected chi connectivity index (χ0v) is 14.2. The largest absolute Gasteiger partial charge is 0.510 e. The standard InChI is InChI=1S/C10H17NO3.C6H13NO/c1-7(9(13)14-3)8(12)10(2)5-4-6-11-10;1-2-3-4-5-7-6-8/h11-12H,4-6H2,1-3H3;6H,2-5H2,1H3,(H,7,8)/b8-7-;/t10-;/m1./s1. The third kappa shape index (κ3) is 6.93. The van der Waals surface area contributed by atoms with E-state index in [9.17, 15) is 14.7 Å². The fourth-order valence-electron chi connectivity index (χ4n) is 2.30. The van der Waals surface area contributed by atoms with Gasteiger partial charge in [-0.3, -0.25) is 4.79 Å². The van der Waals surface area contributed by atoms with Gasteiger partial charge in [-0.25, -0.2) is 4.79 Å². The molecule has 0 aromatic heterocycles. The van der Waals surface area contributed by atoms with Crippen molar-refractivity contribution in [3.05, 3.63) is 11.3 Å². The maximum absolute atomic E-state index is 11.2. The molecule has 1 aliphatic rings. The van der Waals surface area contributed by atoms with Gasteiger partial charge in [-0.1, -0.05) is 19.8 Å². The minimum atomic E-state index is -0.475. The third-order valence-electron chi connectivity index (χ3n) is 3.75. The fraction of sp³-hybridized carbons (Fsp3) is 0.750. The number of aliphatic hydroxyl groups excluding tert-OH is 1. The Morgan fingerprint density at radius 3 is 2.59 bits per heavy atom. The molecule has 0 radical (unpaired) electrons. The van der Waals surface area contributed by atoms with Crippen LogP contribution in [0.1, 0.15) is 52.9 Å². The summed E-state index contributed by atoms with van der Waals surface area (Å²) in [5.41, 5.74) is -0.178.